The summed E-state index contributed by atoms with van der Waals surface area (Å²) < 4.78 is 1.85. The van der Waals surface area contributed by atoms with Gasteiger partial charge in [0.05, 0.1) is 12.2 Å². The molecule has 2 rings (SSSR count). The van der Waals surface area contributed by atoms with Gasteiger partial charge in [-0.15, -0.1) is 0 Å². The molecule has 3 N–H and O–H groups in total. The van der Waals surface area contributed by atoms with Crippen molar-refractivity contribution in [2.75, 3.05) is 0 Å². The van der Waals surface area contributed by atoms with Gasteiger partial charge in [0.15, 0.2) is 0 Å². The summed E-state index contributed by atoms with van der Waals surface area (Å²) in [7, 11) is 1.95. The van der Waals surface area contributed by atoms with Gasteiger partial charge in [-0.25, -0.2) is 0 Å². The highest BCUT2D eigenvalue weighted by Crippen LogP contribution is 2.37. The molecule has 0 amide bonds. The molecule has 4 nitrogen and oxygen atoms in total. The Kier molecular flexibility index (Phi) is 4.18. The van der Waals surface area contributed by atoms with Gasteiger partial charge in [0.25, 0.3) is 0 Å². The molecule has 4 heteroatoms. The van der Waals surface area contributed by atoms with E-state index in [2.05, 4.69) is 23.6 Å². The molecule has 1 saturated carbocycles. The predicted octanol–water partition coefficient (Wildman–Crippen LogP) is 2.14. The molecule has 1 fully saturated rings. The van der Waals surface area contributed by atoms with Gasteiger partial charge in [-0.3, -0.25) is 16.0 Å². The molecule has 0 radical (unpaired) electrons. The maximum Gasteiger partial charge on any atom is 0.0538 e. The molecule has 3 unspecified atom stereocenters. The number of nitrogens with zero attached hydrogens (tertiary/aromatic N) is 2. The second kappa shape index (κ2) is 5.65. The van der Waals surface area contributed by atoms with Gasteiger partial charge in [0.1, 0.15) is 0 Å². The summed E-state index contributed by atoms with van der Waals surface area (Å²) in [6, 6.07) is 0.262. The van der Waals surface area contributed by atoms with Crippen LogP contribution in [0.1, 0.15) is 50.6 Å². The lowest BCUT2D eigenvalue weighted by Crippen LogP contribution is -2.35. The van der Waals surface area contributed by atoms with E-state index in [1.165, 1.54) is 37.7 Å². The summed E-state index contributed by atoms with van der Waals surface area (Å²) in [5.41, 5.74) is 4.21. The van der Waals surface area contributed by atoms with Crippen molar-refractivity contribution in [3.63, 3.8) is 0 Å². The number of hydrazine groups is 1. The number of aromatic nitrogens is 2. The molecular formula is C13H24N4. The second-order valence-corrected chi connectivity index (χ2v) is 5.29. The predicted molar refractivity (Wildman–Crippen MR) is 69.0 cm³/mol. The van der Waals surface area contributed by atoms with E-state index in [0.29, 0.717) is 5.92 Å². The Morgan fingerprint density at radius 1 is 1.59 bits per heavy atom. The van der Waals surface area contributed by atoms with Crippen LogP contribution in [0.15, 0.2) is 12.4 Å². The molecule has 0 spiro atoms. The van der Waals surface area contributed by atoms with Crippen LogP contribution in [0.25, 0.3) is 0 Å². The summed E-state index contributed by atoms with van der Waals surface area (Å²) in [4.78, 5) is 0. The third-order valence-electron chi connectivity index (χ3n) is 4.14. The van der Waals surface area contributed by atoms with Crippen molar-refractivity contribution in [3.05, 3.63) is 18.0 Å². The number of nitrogens with one attached hydrogen (secondary N) is 1. The largest absolute Gasteiger partial charge is 0.275 e. The smallest absolute Gasteiger partial charge is 0.0538 e. The van der Waals surface area contributed by atoms with Crippen molar-refractivity contribution < 1.29 is 0 Å². The molecule has 1 aliphatic rings. The summed E-state index contributed by atoms with van der Waals surface area (Å²) in [6.07, 6.45) is 10.6. The van der Waals surface area contributed by atoms with Gasteiger partial charge < -0.3 is 0 Å². The van der Waals surface area contributed by atoms with Gasteiger partial charge in [-0.05, 0) is 24.7 Å². The number of aryl methyl sites for hydroxylation is 1. The fourth-order valence-electron chi connectivity index (χ4n) is 3.11. The first-order valence-electron chi connectivity index (χ1n) is 6.69. The van der Waals surface area contributed by atoms with E-state index in [-0.39, 0.29) is 6.04 Å². The standard InChI is InChI=1S/C13H24N4/c1-3-10-5-4-6-11(7-10)13(16-14)12-8-15-17(2)9-12/h8-11,13,16H,3-7,14H2,1-2H3. The van der Waals surface area contributed by atoms with Crippen LogP contribution in [0.2, 0.25) is 0 Å². The molecule has 3 atom stereocenters. The van der Waals surface area contributed by atoms with Crippen LogP contribution in [0.4, 0.5) is 0 Å². The van der Waals surface area contributed by atoms with Gasteiger partial charge in [0.2, 0.25) is 0 Å². The minimum atomic E-state index is 0.262. The topological polar surface area (TPSA) is 55.9 Å². The molecule has 0 saturated heterocycles. The molecular weight excluding hydrogens is 212 g/mol. The van der Waals surface area contributed by atoms with E-state index < -0.39 is 0 Å². The second-order valence-electron chi connectivity index (χ2n) is 5.29. The van der Waals surface area contributed by atoms with E-state index >= 15 is 0 Å². The Labute approximate surface area is 104 Å². The van der Waals surface area contributed by atoms with Crippen LogP contribution < -0.4 is 11.3 Å². The van der Waals surface area contributed by atoms with Gasteiger partial charge in [-0.1, -0.05) is 26.2 Å². The van der Waals surface area contributed by atoms with E-state index in [9.17, 15) is 0 Å². The van der Waals surface area contributed by atoms with Crippen molar-refractivity contribution in [3.8, 4) is 0 Å². The summed E-state index contributed by atoms with van der Waals surface area (Å²) in [6.45, 7) is 2.29. The Balaban J connectivity index is 2.07. The van der Waals surface area contributed by atoms with Crippen LogP contribution in [-0.2, 0) is 7.05 Å². The van der Waals surface area contributed by atoms with Crippen molar-refractivity contribution in [1.82, 2.24) is 15.2 Å². The SMILES string of the molecule is CCC1CCCC(C(NN)c2cnn(C)c2)C1. The first-order chi connectivity index (χ1) is 8.24. The molecule has 1 heterocycles. The molecule has 1 aromatic heterocycles. The first-order valence-corrected chi connectivity index (χ1v) is 6.69. The highest BCUT2D eigenvalue weighted by Gasteiger charge is 2.28. The van der Waals surface area contributed by atoms with Gasteiger partial charge in [-0.2, -0.15) is 5.10 Å². The molecule has 1 aliphatic carbocycles. The molecule has 0 aromatic carbocycles. The summed E-state index contributed by atoms with van der Waals surface area (Å²) in [5, 5.41) is 4.24. The number of rotatable bonds is 4. The lowest BCUT2D eigenvalue weighted by atomic mass is 9.76. The summed E-state index contributed by atoms with van der Waals surface area (Å²) in [5.74, 6) is 7.28. The fraction of sp³-hybridized carbons (Fsp3) is 0.769. The lowest BCUT2D eigenvalue weighted by molar-refractivity contribution is 0.210. The minimum Gasteiger partial charge on any atom is -0.275 e. The Bertz CT molecular complexity index is 347. The zero-order chi connectivity index (χ0) is 12.3. The monoisotopic (exact) mass is 236 g/mol. The van der Waals surface area contributed by atoms with Crippen LogP contribution in [0.5, 0.6) is 0 Å². The Morgan fingerprint density at radius 3 is 3.00 bits per heavy atom. The van der Waals surface area contributed by atoms with Gasteiger partial charge in [0, 0.05) is 18.8 Å². The zero-order valence-corrected chi connectivity index (χ0v) is 10.9. The van der Waals surface area contributed by atoms with Crippen LogP contribution in [0.3, 0.4) is 0 Å². The average Bonchev–Trinajstić information content (AvgIpc) is 2.77. The van der Waals surface area contributed by atoms with Crippen molar-refractivity contribution in [2.24, 2.45) is 24.7 Å². The molecule has 0 bridgehead atoms. The highest BCUT2D eigenvalue weighted by atomic mass is 15.3. The van der Waals surface area contributed by atoms with Crippen molar-refractivity contribution in [2.45, 2.75) is 45.1 Å². The zero-order valence-electron chi connectivity index (χ0n) is 10.9. The lowest BCUT2D eigenvalue weighted by Gasteiger charge is -2.33. The maximum atomic E-state index is 5.74. The third kappa shape index (κ3) is 2.87. The summed E-state index contributed by atoms with van der Waals surface area (Å²) >= 11 is 0. The first kappa shape index (κ1) is 12.6. The molecule has 96 valence electrons. The van der Waals surface area contributed by atoms with Crippen LogP contribution in [0, 0.1) is 11.8 Å². The van der Waals surface area contributed by atoms with E-state index in [1.54, 1.807) is 0 Å². The Morgan fingerprint density at radius 2 is 2.41 bits per heavy atom. The maximum absolute atomic E-state index is 5.74. The minimum absolute atomic E-state index is 0.262. The van der Waals surface area contributed by atoms with E-state index in [0.717, 1.165) is 5.92 Å². The van der Waals surface area contributed by atoms with Crippen molar-refractivity contribution >= 4 is 0 Å². The molecule has 0 aliphatic heterocycles. The highest BCUT2D eigenvalue weighted by molar-refractivity contribution is 5.11. The quantitative estimate of drug-likeness (QED) is 0.622. The third-order valence-corrected chi connectivity index (χ3v) is 4.14. The normalized spacial score (nSPS) is 27.0. The van der Waals surface area contributed by atoms with E-state index in [1.807, 2.05) is 17.9 Å². The number of nitrogens with two attached hydrogens (primary N) is 1. The fourth-order valence-corrected chi connectivity index (χ4v) is 3.11. The van der Waals surface area contributed by atoms with Gasteiger partial charge >= 0.3 is 0 Å². The van der Waals surface area contributed by atoms with Crippen LogP contribution >= 0.6 is 0 Å². The van der Waals surface area contributed by atoms with E-state index in [4.69, 9.17) is 5.84 Å². The average molecular weight is 236 g/mol. The van der Waals surface area contributed by atoms with Crippen LogP contribution in [-0.4, -0.2) is 9.78 Å². The molecule has 1 aromatic rings. The molecule has 17 heavy (non-hydrogen) atoms. The number of hydrogen-bond donors (Lipinski definition) is 2. The van der Waals surface area contributed by atoms with Crippen molar-refractivity contribution in [1.29, 1.82) is 0 Å². The Hall–Kier alpha value is -0.870. The number of hydrogen-bond acceptors (Lipinski definition) is 3.